The van der Waals surface area contributed by atoms with Crippen LogP contribution in [-0.4, -0.2) is 49.5 Å². The summed E-state index contributed by atoms with van der Waals surface area (Å²) in [6, 6.07) is 10.6. The van der Waals surface area contributed by atoms with Crippen LogP contribution in [0.2, 0.25) is 0 Å². The van der Waals surface area contributed by atoms with Gasteiger partial charge in [0.15, 0.2) is 0 Å². The third kappa shape index (κ3) is 6.80. The fourth-order valence-corrected chi connectivity index (χ4v) is 4.57. The van der Waals surface area contributed by atoms with Crippen molar-refractivity contribution in [3.05, 3.63) is 52.2 Å². The minimum absolute atomic E-state index is 0.00478. The van der Waals surface area contributed by atoms with E-state index in [1.165, 1.54) is 4.88 Å². The van der Waals surface area contributed by atoms with Crippen LogP contribution in [0.15, 0.2) is 41.8 Å². The first-order chi connectivity index (χ1) is 15.0. The molecular formula is C24H33N3O3S. The van der Waals surface area contributed by atoms with E-state index in [1.54, 1.807) is 42.7 Å². The van der Waals surface area contributed by atoms with E-state index in [9.17, 15) is 9.59 Å². The molecule has 0 spiro atoms. The molecule has 2 heterocycles. The lowest BCUT2D eigenvalue weighted by molar-refractivity contribution is -0.124. The van der Waals surface area contributed by atoms with Crippen LogP contribution in [0.1, 0.15) is 41.9 Å². The minimum Gasteiger partial charge on any atom is -0.497 e. The van der Waals surface area contributed by atoms with Crippen molar-refractivity contribution < 1.29 is 14.3 Å². The summed E-state index contributed by atoms with van der Waals surface area (Å²) >= 11 is 1.80. The van der Waals surface area contributed by atoms with Gasteiger partial charge in [0.2, 0.25) is 5.91 Å². The normalized spacial score (nSPS) is 16.1. The zero-order chi connectivity index (χ0) is 22.2. The van der Waals surface area contributed by atoms with E-state index in [0.717, 1.165) is 32.5 Å². The number of piperidine rings is 1. The van der Waals surface area contributed by atoms with Crippen LogP contribution in [0.25, 0.3) is 0 Å². The second kappa shape index (κ2) is 11.3. The van der Waals surface area contributed by atoms with Gasteiger partial charge < -0.3 is 15.4 Å². The van der Waals surface area contributed by atoms with Crippen LogP contribution in [0.4, 0.5) is 0 Å². The average molecular weight is 444 g/mol. The predicted octanol–water partition coefficient (Wildman–Crippen LogP) is 3.54. The van der Waals surface area contributed by atoms with E-state index in [4.69, 9.17) is 4.74 Å². The largest absolute Gasteiger partial charge is 0.497 e. The van der Waals surface area contributed by atoms with Crippen molar-refractivity contribution in [2.45, 2.75) is 39.3 Å². The highest BCUT2D eigenvalue weighted by Gasteiger charge is 2.26. The van der Waals surface area contributed by atoms with Gasteiger partial charge in [-0.25, -0.2) is 0 Å². The molecule has 1 atom stereocenters. The van der Waals surface area contributed by atoms with Gasteiger partial charge in [0.25, 0.3) is 5.91 Å². The lowest BCUT2D eigenvalue weighted by atomic mass is 9.96. The Morgan fingerprint density at radius 3 is 2.45 bits per heavy atom. The summed E-state index contributed by atoms with van der Waals surface area (Å²) in [5, 5.41) is 8.09. The van der Waals surface area contributed by atoms with Gasteiger partial charge in [-0.15, -0.1) is 11.3 Å². The summed E-state index contributed by atoms with van der Waals surface area (Å²) in [4.78, 5) is 29.3. The van der Waals surface area contributed by atoms with Crippen molar-refractivity contribution in [2.24, 2.45) is 11.8 Å². The lowest BCUT2D eigenvalue weighted by Gasteiger charge is -2.32. The van der Waals surface area contributed by atoms with Crippen LogP contribution in [0.5, 0.6) is 5.75 Å². The number of methoxy groups -OCH3 is 1. The third-order valence-electron chi connectivity index (χ3n) is 5.82. The zero-order valence-corrected chi connectivity index (χ0v) is 19.4. The maximum absolute atomic E-state index is 12.8. The zero-order valence-electron chi connectivity index (χ0n) is 18.6. The van der Waals surface area contributed by atoms with Crippen LogP contribution < -0.4 is 15.4 Å². The summed E-state index contributed by atoms with van der Waals surface area (Å²) in [5.74, 6) is 0.802. The van der Waals surface area contributed by atoms with E-state index in [-0.39, 0.29) is 17.7 Å². The number of rotatable bonds is 9. The van der Waals surface area contributed by atoms with Crippen molar-refractivity contribution in [2.75, 3.05) is 26.7 Å². The molecule has 1 saturated heterocycles. The molecular weight excluding hydrogens is 410 g/mol. The second-order valence-corrected chi connectivity index (χ2v) is 9.50. The molecule has 7 heteroatoms. The van der Waals surface area contributed by atoms with Gasteiger partial charge in [-0.05, 0) is 73.5 Å². The quantitative estimate of drug-likeness (QED) is 0.622. The summed E-state index contributed by atoms with van der Waals surface area (Å²) < 4.78 is 5.13. The highest BCUT2D eigenvalue weighted by molar-refractivity contribution is 7.09. The van der Waals surface area contributed by atoms with Crippen molar-refractivity contribution in [1.29, 1.82) is 0 Å². The summed E-state index contributed by atoms with van der Waals surface area (Å²) in [7, 11) is 1.59. The summed E-state index contributed by atoms with van der Waals surface area (Å²) in [5.41, 5.74) is 0.511. The second-order valence-electron chi connectivity index (χ2n) is 8.47. The first-order valence-electron chi connectivity index (χ1n) is 10.9. The Bertz CT molecular complexity index is 828. The highest BCUT2D eigenvalue weighted by atomic mass is 32.1. The van der Waals surface area contributed by atoms with Gasteiger partial charge >= 0.3 is 0 Å². The Hall–Kier alpha value is -2.38. The van der Waals surface area contributed by atoms with E-state index in [1.807, 2.05) is 13.8 Å². The number of nitrogens with one attached hydrogen (secondary N) is 2. The van der Waals surface area contributed by atoms with Gasteiger partial charge in [0.05, 0.1) is 7.11 Å². The van der Waals surface area contributed by atoms with E-state index in [2.05, 4.69) is 33.0 Å². The number of thiophene rings is 1. The fourth-order valence-electron chi connectivity index (χ4n) is 3.83. The standard InChI is InChI=1S/C24H33N3O3S/c1-17(2)22(26-23(28)19-6-8-20(30-3)9-7-19)24(29)25-15-18-10-12-27(13-11-18)16-21-5-4-14-31-21/h4-9,14,17-18,22H,10-13,15-16H2,1-3H3,(H,25,29)(H,26,28). The molecule has 168 valence electrons. The number of amides is 2. The number of hydrogen-bond donors (Lipinski definition) is 2. The van der Waals surface area contributed by atoms with Crippen LogP contribution >= 0.6 is 11.3 Å². The summed E-state index contributed by atoms with van der Waals surface area (Å²) in [6.45, 7) is 7.68. The Kier molecular flexibility index (Phi) is 8.49. The number of hydrogen-bond acceptors (Lipinski definition) is 5. The van der Waals surface area contributed by atoms with Gasteiger partial charge in [0.1, 0.15) is 11.8 Å². The summed E-state index contributed by atoms with van der Waals surface area (Å²) in [6.07, 6.45) is 2.16. The molecule has 1 aliphatic heterocycles. The molecule has 1 fully saturated rings. The Labute approximate surface area is 189 Å². The number of likely N-dealkylation sites (tertiary alicyclic amines) is 1. The smallest absolute Gasteiger partial charge is 0.251 e. The van der Waals surface area contributed by atoms with Gasteiger partial charge in [-0.2, -0.15) is 0 Å². The van der Waals surface area contributed by atoms with Crippen LogP contribution in [-0.2, 0) is 11.3 Å². The molecule has 0 saturated carbocycles. The molecule has 1 unspecified atom stereocenters. The molecule has 1 aliphatic rings. The number of carbonyl (C=O) groups excluding carboxylic acids is 2. The SMILES string of the molecule is COc1ccc(C(=O)NC(C(=O)NCC2CCN(Cc3cccs3)CC2)C(C)C)cc1. The first kappa shape index (κ1) is 23.3. The fraction of sp³-hybridized carbons (Fsp3) is 0.500. The molecule has 2 aromatic rings. The lowest BCUT2D eigenvalue weighted by Crippen LogP contribution is -2.51. The minimum atomic E-state index is -0.562. The maximum Gasteiger partial charge on any atom is 0.251 e. The Morgan fingerprint density at radius 1 is 1.16 bits per heavy atom. The Morgan fingerprint density at radius 2 is 1.87 bits per heavy atom. The number of carbonyl (C=O) groups is 2. The molecule has 6 nitrogen and oxygen atoms in total. The van der Waals surface area contributed by atoms with E-state index in [0.29, 0.717) is 23.8 Å². The highest BCUT2D eigenvalue weighted by Crippen LogP contribution is 2.20. The molecule has 31 heavy (non-hydrogen) atoms. The van der Waals surface area contributed by atoms with Crippen LogP contribution in [0.3, 0.4) is 0 Å². The molecule has 1 aromatic heterocycles. The molecule has 0 radical (unpaired) electrons. The van der Waals surface area contributed by atoms with Crippen LogP contribution in [0, 0.1) is 11.8 Å². The van der Waals surface area contributed by atoms with Gasteiger partial charge in [0, 0.05) is 23.5 Å². The van der Waals surface area contributed by atoms with Crippen molar-refractivity contribution in [3.63, 3.8) is 0 Å². The first-order valence-corrected chi connectivity index (χ1v) is 11.8. The van der Waals surface area contributed by atoms with Crippen molar-refractivity contribution >= 4 is 23.2 Å². The molecule has 0 aliphatic carbocycles. The predicted molar refractivity (Wildman–Crippen MR) is 124 cm³/mol. The molecule has 0 bridgehead atoms. The van der Waals surface area contributed by atoms with Crippen molar-refractivity contribution in [3.8, 4) is 5.75 Å². The van der Waals surface area contributed by atoms with Gasteiger partial charge in [-0.3, -0.25) is 14.5 Å². The molecule has 3 rings (SSSR count). The van der Waals surface area contributed by atoms with E-state index >= 15 is 0 Å². The van der Waals surface area contributed by atoms with Gasteiger partial charge in [-0.1, -0.05) is 19.9 Å². The average Bonchev–Trinajstić information content (AvgIpc) is 3.29. The number of ether oxygens (including phenoxy) is 1. The number of benzene rings is 1. The van der Waals surface area contributed by atoms with E-state index < -0.39 is 6.04 Å². The molecule has 2 amide bonds. The monoisotopic (exact) mass is 443 g/mol. The van der Waals surface area contributed by atoms with Crippen molar-refractivity contribution in [1.82, 2.24) is 15.5 Å². The third-order valence-corrected chi connectivity index (χ3v) is 6.68. The maximum atomic E-state index is 12.8. The topological polar surface area (TPSA) is 70.7 Å². The molecule has 2 N–H and O–H groups in total. The Balaban J connectivity index is 1.45. The molecule has 1 aromatic carbocycles. The number of nitrogens with zero attached hydrogens (tertiary/aromatic N) is 1.